The van der Waals surface area contributed by atoms with Crippen LogP contribution in [-0.2, 0) is 0 Å². The van der Waals surface area contributed by atoms with Crippen LogP contribution in [0.15, 0.2) is 12.1 Å². The molecule has 160 valence electrons. The third kappa shape index (κ3) is 5.60. The molecule has 0 N–H and O–H groups in total. The molecule has 0 spiro atoms. The van der Waals surface area contributed by atoms with Crippen molar-refractivity contribution in [3.05, 3.63) is 29.6 Å². The third-order valence-electron chi connectivity index (χ3n) is 6.19. The van der Waals surface area contributed by atoms with Gasteiger partial charge in [-0.3, -0.25) is 0 Å². The van der Waals surface area contributed by atoms with E-state index in [9.17, 15) is 22.0 Å². The van der Waals surface area contributed by atoms with Crippen molar-refractivity contribution in [3.63, 3.8) is 0 Å². The van der Waals surface area contributed by atoms with Crippen molar-refractivity contribution in [2.75, 3.05) is 0 Å². The van der Waals surface area contributed by atoms with E-state index in [2.05, 4.69) is 11.7 Å². The van der Waals surface area contributed by atoms with Crippen LogP contribution in [0.4, 0.5) is 22.0 Å². The van der Waals surface area contributed by atoms with E-state index in [1.54, 1.807) is 0 Å². The van der Waals surface area contributed by atoms with Gasteiger partial charge in [0, 0.05) is 12.1 Å². The maximum absolute atomic E-state index is 14.4. The Morgan fingerprint density at radius 1 is 0.786 bits per heavy atom. The lowest BCUT2D eigenvalue weighted by molar-refractivity contribution is -0.224. The van der Waals surface area contributed by atoms with Gasteiger partial charge in [-0.15, -0.1) is 0 Å². The molecule has 0 unspecified atom stereocenters. The van der Waals surface area contributed by atoms with Crippen LogP contribution in [0.25, 0.3) is 0 Å². The second kappa shape index (κ2) is 9.93. The molecule has 0 aliphatic heterocycles. The normalized spacial score (nSPS) is 28.3. The largest absolute Gasteiger partial charge is 0.432 e. The van der Waals surface area contributed by atoms with Gasteiger partial charge in [0.2, 0.25) is 0 Å². The molecule has 0 atom stereocenters. The maximum Gasteiger partial charge on any atom is 0.400 e. The molecule has 0 amide bonds. The fourth-order valence-electron chi connectivity index (χ4n) is 4.52. The lowest BCUT2D eigenvalue weighted by Crippen LogP contribution is -2.38. The molecule has 1 nitrogen and oxygen atoms in total. The number of alkyl halides is 2. The Bertz CT molecular complexity index is 594. The Morgan fingerprint density at radius 3 is 1.68 bits per heavy atom. The van der Waals surface area contributed by atoms with E-state index >= 15 is 0 Å². The molecular formula is C22H31F5O. The quantitative estimate of drug-likeness (QED) is 0.367. The molecule has 2 aliphatic carbocycles. The summed E-state index contributed by atoms with van der Waals surface area (Å²) in [4.78, 5) is 0. The van der Waals surface area contributed by atoms with E-state index in [4.69, 9.17) is 0 Å². The van der Waals surface area contributed by atoms with Gasteiger partial charge < -0.3 is 4.74 Å². The SMILES string of the molecule is CC.CC1CCC(C2CCC(C(F)(F)Oc3cc(F)c(F)c(F)c3)CC2)CC1. The highest BCUT2D eigenvalue weighted by atomic mass is 19.3. The molecule has 1 aromatic carbocycles. The average molecular weight is 406 g/mol. The molecule has 2 aliphatic rings. The molecule has 0 heterocycles. The van der Waals surface area contributed by atoms with Gasteiger partial charge in [0.1, 0.15) is 5.75 Å². The molecule has 0 bridgehead atoms. The average Bonchev–Trinajstić information content (AvgIpc) is 2.68. The molecular weight excluding hydrogens is 375 g/mol. The molecule has 1 aromatic rings. The predicted octanol–water partition coefficient (Wildman–Crippen LogP) is 7.73. The van der Waals surface area contributed by atoms with Crippen LogP contribution < -0.4 is 4.74 Å². The van der Waals surface area contributed by atoms with Gasteiger partial charge in [0.25, 0.3) is 0 Å². The fourth-order valence-corrected chi connectivity index (χ4v) is 4.52. The van der Waals surface area contributed by atoms with Gasteiger partial charge in [-0.2, -0.15) is 8.78 Å². The first-order chi connectivity index (χ1) is 13.3. The van der Waals surface area contributed by atoms with Crippen molar-refractivity contribution < 1.29 is 26.7 Å². The minimum Gasteiger partial charge on any atom is -0.432 e. The van der Waals surface area contributed by atoms with Crippen LogP contribution in [0.3, 0.4) is 0 Å². The molecule has 6 heteroatoms. The van der Waals surface area contributed by atoms with E-state index in [1.807, 2.05) is 13.8 Å². The van der Waals surface area contributed by atoms with E-state index in [0.717, 1.165) is 18.8 Å². The van der Waals surface area contributed by atoms with Crippen molar-refractivity contribution in [1.82, 2.24) is 0 Å². The van der Waals surface area contributed by atoms with Gasteiger partial charge in [-0.1, -0.05) is 33.6 Å². The first-order valence-electron chi connectivity index (χ1n) is 10.5. The monoisotopic (exact) mass is 406 g/mol. The van der Waals surface area contributed by atoms with Crippen molar-refractivity contribution in [2.24, 2.45) is 23.7 Å². The topological polar surface area (TPSA) is 9.23 Å². The number of rotatable bonds is 4. The van der Waals surface area contributed by atoms with Crippen molar-refractivity contribution >= 4 is 0 Å². The molecule has 2 fully saturated rings. The van der Waals surface area contributed by atoms with Crippen LogP contribution in [0.1, 0.15) is 72.1 Å². The highest BCUT2D eigenvalue weighted by Crippen LogP contribution is 2.45. The number of benzene rings is 1. The first-order valence-corrected chi connectivity index (χ1v) is 10.5. The van der Waals surface area contributed by atoms with Gasteiger partial charge in [0.15, 0.2) is 17.5 Å². The Balaban J connectivity index is 0.00000136. The highest BCUT2D eigenvalue weighted by Gasteiger charge is 2.45. The summed E-state index contributed by atoms with van der Waals surface area (Å²) < 4.78 is 72.8. The zero-order valence-electron chi connectivity index (χ0n) is 16.9. The fraction of sp³-hybridized carbons (Fsp3) is 0.727. The zero-order chi connectivity index (χ0) is 20.9. The van der Waals surface area contributed by atoms with Crippen molar-refractivity contribution in [2.45, 2.75) is 78.2 Å². The molecule has 28 heavy (non-hydrogen) atoms. The summed E-state index contributed by atoms with van der Waals surface area (Å²) in [6.07, 6.45) is 3.38. The van der Waals surface area contributed by atoms with Crippen LogP contribution >= 0.6 is 0 Å². The number of halogens is 5. The van der Waals surface area contributed by atoms with Crippen LogP contribution in [-0.4, -0.2) is 6.11 Å². The minimum atomic E-state index is -3.53. The molecule has 0 aromatic heterocycles. The van der Waals surface area contributed by atoms with E-state index < -0.39 is 35.2 Å². The summed E-state index contributed by atoms with van der Waals surface area (Å²) in [6.45, 7) is 6.26. The summed E-state index contributed by atoms with van der Waals surface area (Å²) in [6, 6.07) is 0.919. The van der Waals surface area contributed by atoms with Crippen molar-refractivity contribution in [3.8, 4) is 5.75 Å². The third-order valence-corrected chi connectivity index (χ3v) is 6.19. The second-order valence-electron chi connectivity index (χ2n) is 8.00. The van der Waals surface area contributed by atoms with E-state index in [0.29, 0.717) is 36.8 Å². The summed E-state index contributed by atoms with van der Waals surface area (Å²) in [7, 11) is 0. The van der Waals surface area contributed by atoms with Crippen molar-refractivity contribution in [1.29, 1.82) is 0 Å². The van der Waals surface area contributed by atoms with Crippen LogP contribution in [0, 0.1) is 41.1 Å². The first kappa shape index (κ1) is 23.0. The molecule has 3 rings (SSSR count). The van der Waals surface area contributed by atoms with Gasteiger partial charge in [0.05, 0.1) is 5.92 Å². The Morgan fingerprint density at radius 2 is 1.21 bits per heavy atom. The number of hydrogen-bond donors (Lipinski definition) is 0. The summed E-state index contributed by atoms with van der Waals surface area (Å²) in [5.74, 6) is -4.57. The molecule has 0 saturated heterocycles. The Hall–Kier alpha value is -1.33. The Kier molecular flexibility index (Phi) is 8.14. The Labute approximate surface area is 164 Å². The lowest BCUT2D eigenvalue weighted by atomic mass is 9.69. The zero-order valence-corrected chi connectivity index (χ0v) is 16.9. The van der Waals surface area contributed by atoms with E-state index in [-0.39, 0.29) is 0 Å². The van der Waals surface area contributed by atoms with E-state index in [1.165, 1.54) is 25.7 Å². The molecule has 0 radical (unpaired) electrons. The summed E-state index contributed by atoms with van der Waals surface area (Å²) in [5.41, 5.74) is 0. The smallest absolute Gasteiger partial charge is 0.400 e. The van der Waals surface area contributed by atoms with Crippen LogP contribution in [0.2, 0.25) is 0 Å². The number of ether oxygens (including phenoxy) is 1. The molecule has 2 saturated carbocycles. The number of hydrogen-bond acceptors (Lipinski definition) is 1. The van der Waals surface area contributed by atoms with Crippen LogP contribution in [0.5, 0.6) is 5.75 Å². The highest BCUT2D eigenvalue weighted by molar-refractivity contribution is 5.25. The van der Waals surface area contributed by atoms with Gasteiger partial charge in [-0.05, 0) is 56.3 Å². The minimum absolute atomic E-state index is 0.329. The van der Waals surface area contributed by atoms with Gasteiger partial charge in [-0.25, -0.2) is 13.2 Å². The summed E-state index contributed by atoms with van der Waals surface area (Å²) in [5, 5.41) is 0. The predicted molar refractivity (Wildman–Crippen MR) is 99.8 cm³/mol. The standard InChI is InChI=1S/C20H25F5O.C2H6/c1-12-2-4-13(5-3-12)14-6-8-15(9-7-14)20(24,25)26-16-10-17(21)19(23)18(22)11-16;1-2/h10-15H,2-9H2,1H3;1-2H3. The lowest BCUT2D eigenvalue weighted by Gasteiger charge is -2.38. The van der Waals surface area contributed by atoms with Gasteiger partial charge >= 0.3 is 6.11 Å². The summed E-state index contributed by atoms with van der Waals surface area (Å²) >= 11 is 0. The maximum atomic E-state index is 14.4. The second-order valence-corrected chi connectivity index (χ2v) is 8.00.